The van der Waals surface area contributed by atoms with Crippen molar-refractivity contribution in [3.8, 4) is 6.07 Å². The first kappa shape index (κ1) is 14.1. The molecule has 0 atom stereocenters. The standard InChI is InChI=1S/C17H17FN2/c1-2-3-11-20(16-7-5-4-6-8-16)17-10-9-15(18)12-14(17)13-19/h4-10,12H,2-3,11H2,1H3. The molecule has 0 unspecified atom stereocenters. The van der Waals surface area contributed by atoms with E-state index in [1.807, 2.05) is 30.3 Å². The third-order valence-electron chi connectivity index (χ3n) is 3.17. The molecule has 2 aromatic carbocycles. The van der Waals surface area contributed by atoms with Gasteiger partial charge in [0.25, 0.3) is 0 Å². The van der Waals surface area contributed by atoms with Gasteiger partial charge in [0.1, 0.15) is 11.9 Å². The number of nitriles is 1. The van der Waals surface area contributed by atoms with Crippen molar-refractivity contribution in [2.24, 2.45) is 0 Å². The third kappa shape index (κ3) is 3.16. The van der Waals surface area contributed by atoms with E-state index in [0.29, 0.717) is 5.56 Å². The van der Waals surface area contributed by atoms with Gasteiger partial charge in [0.15, 0.2) is 0 Å². The van der Waals surface area contributed by atoms with E-state index in [0.717, 1.165) is 30.8 Å². The minimum atomic E-state index is -0.381. The van der Waals surface area contributed by atoms with Crippen LogP contribution in [0.3, 0.4) is 0 Å². The van der Waals surface area contributed by atoms with Gasteiger partial charge in [0.05, 0.1) is 11.3 Å². The van der Waals surface area contributed by atoms with Gasteiger partial charge in [-0.2, -0.15) is 5.26 Å². The smallest absolute Gasteiger partial charge is 0.124 e. The molecular formula is C17H17FN2. The first-order valence-corrected chi connectivity index (χ1v) is 6.78. The van der Waals surface area contributed by atoms with E-state index in [-0.39, 0.29) is 5.82 Å². The molecule has 2 aromatic rings. The highest BCUT2D eigenvalue weighted by Crippen LogP contribution is 2.29. The van der Waals surface area contributed by atoms with E-state index >= 15 is 0 Å². The quantitative estimate of drug-likeness (QED) is 0.790. The topological polar surface area (TPSA) is 27.0 Å². The van der Waals surface area contributed by atoms with Crippen LogP contribution in [0.1, 0.15) is 25.3 Å². The highest BCUT2D eigenvalue weighted by Gasteiger charge is 2.13. The summed E-state index contributed by atoms with van der Waals surface area (Å²) in [4.78, 5) is 2.07. The summed E-state index contributed by atoms with van der Waals surface area (Å²) in [6.45, 7) is 2.93. The zero-order chi connectivity index (χ0) is 14.4. The number of para-hydroxylation sites is 1. The van der Waals surface area contributed by atoms with Crippen LogP contribution in [0.15, 0.2) is 48.5 Å². The SMILES string of the molecule is CCCCN(c1ccccc1)c1ccc(F)cc1C#N. The lowest BCUT2D eigenvalue weighted by atomic mass is 10.1. The first-order valence-electron chi connectivity index (χ1n) is 6.78. The molecule has 0 aliphatic carbocycles. The summed E-state index contributed by atoms with van der Waals surface area (Å²) in [5.41, 5.74) is 2.14. The van der Waals surface area contributed by atoms with Crippen LogP contribution < -0.4 is 4.90 Å². The summed E-state index contributed by atoms with van der Waals surface area (Å²) < 4.78 is 13.3. The molecule has 0 saturated heterocycles. The third-order valence-corrected chi connectivity index (χ3v) is 3.17. The van der Waals surface area contributed by atoms with Crippen molar-refractivity contribution in [3.05, 3.63) is 59.9 Å². The average molecular weight is 268 g/mol. The van der Waals surface area contributed by atoms with Gasteiger partial charge in [-0.25, -0.2) is 4.39 Å². The predicted molar refractivity (Wildman–Crippen MR) is 79.5 cm³/mol. The molecule has 0 bridgehead atoms. The number of hydrogen-bond acceptors (Lipinski definition) is 2. The lowest BCUT2D eigenvalue weighted by Gasteiger charge is -2.25. The van der Waals surface area contributed by atoms with Crippen molar-refractivity contribution in [2.75, 3.05) is 11.4 Å². The highest BCUT2D eigenvalue weighted by atomic mass is 19.1. The van der Waals surface area contributed by atoms with E-state index in [4.69, 9.17) is 0 Å². The number of benzene rings is 2. The normalized spacial score (nSPS) is 10.1. The number of anilines is 2. The summed E-state index contributed by atoms with van der Waals surface area (Å²) in [5.74, 6) is -0.381. The van der Waals surface area contributed by atoms with Crippen molar-refractivity contribution >= 4 is 11.4 Å². The maximum absolute atomic E-state index is 13.3. The molecule has 0 N–H and O–H groups in total. The number of rotatable bonds is 5. The van der Waals surface area contributed by atoms with Crippen molar-refractivity contribution in [3.63, 3.8) is 0 Å². The summed E-state index contributed by atoms with van der Waals surface area (Å²) in [5, 5.41) is 9.22. The fraction of sp³-hybridized carbons (Fsp3) is 0.235. The van der Waals surface area contributed by atoms with Gasteiger partial charge in [-0.05, 0) is 36.8 Å². The molecule has 0 amide bonds. The molecule has 0 aliphatic heterocycles. The molecule has 0 saturated carbocycles. The Balaban J connectivity index is 2.44. The molecule has 0 spiro atoms. The summed E-state index contributed by atoms with van der Waals surface area (Å²) in [6.07, 6.45) is 2.07. The second-order valence-corrected chi connectivity index (χ2v) is 4.61. The van der Waals surface area contributed by atoms with Gasteiger partial charge >= 0.3 is 0 Å². The zero-order valence-electron chi connectivity index (χ0n) is 11.5. The molecular weight excluding hydrogens is 251 g/mol. The van der Waals surface area contributed by atoms with Crippen molar-refractivity contribution in [1.82, 2.24) is 0 Å². The second-order valence-electron chi connectivity index (χ2n) is 4.61. The molecule has 102 valence electrons. The number of nitrogens with zero attached hydrogens (tertiary/aromatic N) is 2. The van der Waals surface area contributed by atoms with Crippen LogP contribution in [0.25, 0.3) is 0 Å². The maximum Gasteiger partial charge on any atom is 0.124 e. The van der Waals surface area contributed by atoms with Crippen LogP contribution in [-0.4, -0.2) is 6.54 Å². The van der Waals surface area contributed by atoms with E-state index in [1.165, 1.54) is 12.1 Å². The van der Waals surface area contributed by atoms with Crippen LogP contribution in [0, 0.1) is 17.1 Å². The molecule has 0 aromatic heterocycles. The Labute approximate surface area is 119 Å². The summed E-state index contributed by atoms with van der Waals surface area (Å²) >= 11 is 0. The number of unbranched alkanes of at least 4 members (excludes halogenated alkanes) is 1. The Morgan fingerprint density at radius 3 is 2.55 bits per heavy atom. The van der Waals surface area contributed by atoms with Gasteiger partial charge in [0.2, 0.25) is 0 Å². The number of halogens is 1. The first-order chi connectivity index (χ1) is 9.76. The molecule has 0 radical (unpaired) electrons. The Bertz CT molecular complexity index is 602. The maximum atomic E-state index is 13.3. The molecule has 0 aliphatic rings. The van der Waals surface area contributed by atoms with Crippen LogP contribution in [0.4, 0.5) is 15.8 Å². The predicted octanol–water partition coefficient (Wildman–Crippen LogP) is 4.64. The second kappa shape index (κ2) is 6.72. The largest absolute Gasteiger partial charge is 0.340 e. The van der Waals surface area contributed by atoms with E-state index in [1.54, 1.807) is 6.07 Å². The Morgan fingerprint density at radius 1 is 1.15 bits per heavy atom. The molecule has 2 nitrogen and oxygen atoms in total. The van der Waals surface area contributed by atoms with Gasteiger partial charge in [-0.15, -0.1) is 0 Å². The van der Waals surface area contributed by atoms with E-state index in [9.17, 15) is 9.65 Å². The van der Waals surface area contributed by atoms with Crippen molar-refractivity contribution in [2.45, 2.75) is 19.8 Å². The van der Waals surface area contributed by atoms with Crippen LogP contribution >= 0.6 is 0 Å². The fourth-order valence-electron chi connectivity index (χ4n) is 2.15. The lowest BCUT2D eigenvalue weighted by molar-refractivity contribution is 0.627. The van der Waals surface area contributed by atoms with Crippen LogP contribution in [-0.2, 0) is 0 Å². The summed E-state index contributed by atoms with van der Waals surface area (Å²) in [6, 6.07) is 16.3. The Kier molecular flexibility index (Phi) is 4.73. The molecule has 2 rings (SSSR count). The average Bonchev–Trinajstić information content (AvgIpc) is 2.49. The minimum absolute atomic E-state index is 0.366. The minimum Gasteiger partial charge on any atom is -0.340 e. The zero-order valence-corrected chi connectivity index (χ0v) is 11.5. The molecule has 0 fully saturated rings. The Morgan fingerprint density at radius 2 is 1.90 bits per heavy atom. The van der Waals surface area contributed by atoms with Crippen molar-refractivity contribution in [1.29, 1.82) is 5.26 Å². The van der Waals surface area contributed by atoms with E-state index < -0.39 is 0 Å². The number of hydrogen-bond donors (Lipinski definition) is 0. The monoisotopic (exact) mass is 268 g/mol. The van der Waals surface area contributed by atoms with Gasteiger partial charge in [-0.3, -0.25) is 0 Å². The highest BCUT2D eigenvalue weighted by molar-refractivity contribution is 5.69. The fourth-order valence-corrected chi connectivity index (χ4v) is 2.15. The molecule has 3 heteroatoms. The van der Waals surface area contributed by atoms with Crippen molar-refractivity contribution < 1.29 is 4.39 Å². The summed E-state index contributed by atoms with van der Waals surface area (Å²) in [7, 11) is 0. The molecule has 20 heavy (non-hydrogen) atoms. The van der Waals surface area contributed by atoms with Gasteiger partial charge in [0, 0.05) is 12.2 Å². The van der Waals surface area contributed by atoms with Gasteiger partial charge in [-0.1, -0.05) is 31.5 Å². The Hall–Kier alpha value is -2.34. The van der Waals surface area contributed by atoms with Crippen LogP contribution in [0.2, 0.25) is 0 Å². The lowest BCUT2D eigenvalue weighted by Crippen LogP contribution is -2.19. The van der Waals surface area contributed by atoms with Gasteiger partial charge < -0.3 is 4.90 Å². The molecule has 0 heterocycles. The van der Waals surface area contributed by atoms with Crippen LogP contribution in [0.5, 0.6) is 0 Å². The van der Waals surface area contributed by atoms with E-state index in [2.05, 4.69) is 17.9 Å².